The van der Waals surface area contributed by atoms with E-state index < -0.39 is 0 Å². The van der Waals surface area contributed by atoms with E-state index in [1.807, 2.05) is 24.3 Å². The summed E-state index contributed by atoms with van der Waals surface area (Å²) in [5.74, 6) is 0.706. The number of halogens is 1. The molecule has 0 saturated heterocycles. The van der Waals surface area contributed by atoms with Crippen LogP contribution in [0.3, 0.4) is 0 Å². The summed E-state index contributed by atoms with van der Waals surface area (Å²) >= 11 is 6.17. The number of rotatable bonds is 3. The molecule has 0 aliphatic heterocycles. The molecule has 0 spiro atoms. The highest BCUT2D eigenvalue weighted by Gasteiger charge is 2.45. The minimum absolute atomic E-state index is 0.144. The fourth-order valence-corrected chi connectivity index (χ4v) is 3.26. The van der Waals surface area contributed by atoms with Crippen molar-refractivity contribution in [2.75, 3.05) is 0 Å². The van der Waals surface area contributed by atoms with Crippen molar-refractivity contribution in [3.05, 3.63) is 34.9 Å². The summed E-state index contributed by atoms with van der Waals surface area (Å²) in [4.78, 5) is 12.1. The van der Waals surface area contributed by atoms with E-state index in [4.69, 9.17) is 11.6 Å². The van der Waals surface area contributed by atoms with E-state index in [1.165, 1.54) is 12.8 Å². The number of hydrogen-bond donors (Lipinski definition) is 1. The normalized spacial score (nSPS) is 27.2. The summed E-state index contributed by atoms with van der Waals surface area (Å²) in [5, 5.41) is 3.97. The quantitative estimate of drug-likeness (QED) is 0.889. The summed E-state index contributed by atoms with van der Waals surface area (Å²) in [7, 11) is 0. The first kappa shape index (κ1) is 12.0. The zero-order chi connectivity index (χ0) is 12.5. The van der Waals surface area contributed by atoms with Crippen LogP contribution in [0.1, 0.15) is 43.6 Å². The third-order valence-electron chi connectivity index (χ3n) is 4.13. The highest BCUT2D eigenvalue weighted by molar-refractivity contribution is 6.31. The second kappa shape index (κ2) is 4.93. The Morgan fingerprint density at radius 1 is 1.22 bits per heavy atom. The van der Waals surface area contributed by atoms with Gasteiger partial charge in [-0.1, -0.05) is 42.6 Å². The summed E-state index contributed by atoms with van der Waals surface area (Å²) < 4.78 is 0. The molecule has 1 aromatic rings. The van der Waals surface area contributed by atoms with Crippen LogP contribution in [0.5, 0.6) is 0 Å². The Balaban J connectivity index is 1.60. The summed E-state index contributed by atoms with van der Waals surface area (Å²) in [6.45, 7) is 0. The molecular weight excluding hydrogens is 246 g/mol. The van der Waals surface area contributed by atoms with Crippen molar-refractivity contribution in [1.29, 1.82) is 0 Å². The molecular formula is C15H18ClNO. The van der Waals surface area contributed by atoms with E-state index in [-0.39, 0.29) is 11.8 Å². The first-order valence-electron chi connectivity index (χ1n) is 6.80. The number of nitrogens with one attached hydrogen (secondary N) is 1. The van der Waals surface area contributed by atoms with Crippen molar-refractivity contribution >= 4 is 17.5 Å². The largest absolute Gasteiger partial charge is 0.353 e. The van der Waals surface area contributed by atoms with Gasteiger partial charge in [0.1, 0.15) is 0 Å². The fourth-order valence-electron chi connectivity index (χ4n) is 2.98. The van der Waals surface area contributed by atoms with Gasteiger partial charge in [0.2, 0.25) is 5.91 Å². The van der Waals surface area contributed by atoms with Crippen LogP contribution in [0.2, 0.25) is 5.02 Å². The van der Waals surface area contributed by atoms with Gasteiger partial charge in [-0.3, -0.25) is 4.79 Å². The number of carbonyl (C=O) groups excluding carboxylic acids is 1. The van der Waals surface area contributed by atoms with Crippen molar-refractivity contribution in [3.8, 4) is 0 Å². The lowest BCUT2D eigenvalue weighted by molar-refractivity contribution is -0.123. The lowest BCUT2D eigenvalue weighted by atomic mass is 10.1. The van der Waals surface area contributed by atoms with Gasteiger partial charge in [-0.05, 0) is 36.8 Å². The van der Waals surface area contributed by atoms with Gasteiger partial charge in [0.25, 0.3) is 0 Å². The van der Waals surface area contributed by atoms with E-state index in [0.29, 0.717) is 12.0 Å². The molecule has 2 nitrogen and oxygen atoms in total. The Morgan fingerprint density at radius 2 is 1.94 bits per heavy atom. The van der Waals surface area contributed by atoms with Crippen LogP contribution in [0.25, 0.3) is 0 Å². The summed E-state index contributed by atoms with van der Waals surface area (Å²) in [6.07, 6.45) is 5.75. The van der Waals surface area contributed by atoms with Crippen LogP contribution in [-0.2, 0) is 4.79 Å². The predicted molar refractivity (Wildman–Crippen MR) is 72.7 cm³/mol. The van der Waals surface area contributed by atoms with Crippen molar-refractivity contribution in [2.24, 2.45) is 5.92 Å². The van der Waals surface area contributed by atoms with E-state index in [9.17, 15) is 4.79 Å². The molecule has 96 valence electrons. The average molecular weight is 264 g/mol. The Morgan fingerprint density at radius 3 is 2.67 bits per heavy atom. The Bertz CT molecular complexity index is 454. The number of hydrogen-bond acceptors (Lipinski definition) is 1. The second-order valence-electron chi connectivity index (χ2n) is 5.46. The maximum Gasteiger partial charge on any atom is 0.223 e. The molecule has 0 radical (unpaired) electrons. The van der Waals surface area contributed by atoms with E-state index in [0.717, 1.165) is 29.8 Å². The molecule has 0 aromatic heterocycles. The molecule has 2 aliphatic carbocycles. The molecule has 2 aliphatic rings. The molecule has 1 amide bonds. The Kier molecular flexibility index (Phi) is 3.29. The van der Waals surface area contributed by atoms with Gasteiger partial charge in [0.05, 0.1) is 0 Å². The van der Waals surface area contributed by atoms with E-state index in [1.54, 1.807) is 0 Å². The zero-order valence-corrected chi connectivity index (χ0v) is 11.1. The maximum atomic E-state index is 12.1. The van der Waals surface area contributed by atoms with Crippen molar-refractivity contribution in [2.45, 2.75) is 44.1 Å². The van der Waals surface area contributed by atoms with E-state index >= 15 is 0 Å². The van der Waals surface area contributed by atoms with Crippen molar-refractivity contribution < 1.29 is 4.79 Å². The number of amides is 1. The molecule has 3 heteroatoms. The van der Waals surface area contributed by atoms with Crippen LogP contribution >= 0.6 is 11.6 Å². The van der Waals surface area contributed by atoms with Crippen LogP contribution < -0.4 is 5.32 Å². The molecule has 2 saturated carbocycles. The van der Waals surface area contributed by atoms with Crippen LogP contribution in [0.15, 0.2) is 24.3 Å². The second-order valence-corrected chi connectivity index (χ2v) is 5.87. The molecule has 0 bridgehead atoms. The first-order chi connectivity index (χ1) is 8.75. The van der Waals surface area contributed by atoms with Gasteiger partial charge >= 0.3 is 0 Å². The van der Waals surface area contributed by atoms with Crippen LogP contribution in [0.4, 0.5) is 0 Å². The number of benzene rings is 1. The third-order valence-corrected chi connectivity index (χ3v) is 4.48. The lowest BCUT2D eigenvalue weighted by Gasteiger charge is -2.11. The topological polar surface area (TPSA) is 29.1 Å². The highest BCUT2D eigenvalue weighted by Crippen LogP contribution is 2.49. The Labute approximate surface area is 113 Å². The van der Waals surface area contributed by atoms with Gasteiger partial charge in [0.15, 0.2) is 0 Å². The fraction of sp³-hybridized carbons (Fsp3) is 0.533. The zero-order valence-electron chi connectivity index (χ0n) is 10.4. The van der Waals surface area contributed by atoms with Gasteiger partial charge in [-0.2, -0.15) is 0 Å². The molecule has 3 rings (SSSR count). The monoisotopic (exact) mass is 263 g/mol. The highest BCUT2D eigenvalue weighted by atomic mass is 35.5. The molecule has 2 fully saturated rings. The minimum Gasteiger partial charge on any atom is -0.353 e. The predicted octanol–water partition coefficient (Wildman–Crippen LogP) is 3.50. The lowest BCUT2D eigenvalue weighted by Crippen LogP contribution is -2.34. The Hall–Kier alpha value is -1.02. The van der Waals surface area contributed by atoms with Gasteiger partial charge < -0.3 is 5.32 Å². The molecule has 2 unspecified atom stereocenters. The maximum absolute atomic E-state index is 12.1. The molecule has 1 N–H and O–H groups in total. The van der Waals surface area contributed by atoms with Crippen molar-refractivity contribution in [3.63, 3.8) is 0 Å². The van der Waals surface area contributed by atoms with Gasteiger partial charge in [0, 0.05) is 17.0 Å². The SMILES string of the molecule is O=C(NC1CCCC1)C1CC1c1ccccc1Cl. The molecule has 1 aromatic carbocycles. The first-order valence-corrected chi connectivity index (χ1v) is 7.18. The van der Waals surface area contributed by atoms with Gasteiger partial charge in [-0.25, -0.2) is 0 Å². The van der Waals surface area contributed by atoms with Crippen LogP contribution in [0, 0.1) is 5.92 Å². The third kappa shape index (κ3) is 2.39. The number of carbonyl (C=O) groups is 1. The summed E-state index contributed by atoms with van der Waals surface area (Å²) in [5.41, 5.74) is 1.13. The smallest absolute Gasteiger partial charge is 0.223 e. The van der Waals surface area contributed by atoms with Crippen LogP contribution in [-0.4, -0.2) is 11.9 Å². The molecule has 18 heavy (non-hydrogen) atoms. The molecule has 2 atom stereocenters. The average Bonchev–Trinajstić information content (AvgIpc) is 3.00. The van der Waals surface area contributed by atoms with E-state index in [2.05, 4.69) is 5.32 Å². The van der Waals surface area contributed by atoms with Crippen molar-refractivity contribution in [1.82, 2.24) is 5.32 Å². The summed E-state index contributed by atoms with van der Waals surface area (Å²) in [6, 6.07) is 8.29. The minimum atomic E-state index is 0.144. The van der Waals surface area contributed by atoms with Gasteiger partial charge in [-0.15, -0.1) is 0 Å². The standard InChI is InChI=1S/C15H18ClNO/c16-14-8-4-3-7-11(14)12-9-13(12)15(18)17-10-5-1-2-6-10/h3-4,7-8,10,12-13H,1-2,5-6,9H2,(H,17,18). The molecule has 0 heterocycles.